The Morgan fingerprint density at radius 1 is 1.75 bits per heavy atom. The molecule has 0 aromatic heterocycles. The van der Waals surface area contributed by atoms with E-state index in [0.717, 1.165) is 19.5 Å². The van der Waals surface area contributed by atoms with Gasteiger partial charge in [-0.1, -0.05) is 6.92 Å². The molecule has 1 saturated heterocycles. The van der Waals surface area contributed by atoms with E-state index in [1.807, 2.05) is 4.90 Å². The lowest BCUT2D eigenvalue weighted by atomic mass is 10.2. The van der Waals surface area contributed by atoms with Crippen molar-refractivity contribution < 1.29 is 15.0 Å². The summed E-state index contributed by atoms with van der Waals surface area (Å²) in [5.41, 5.74) is 0. The highest BCUT2D eigenvalue weighted by molar-refractivity contribution is 5.72. The maximum atomic E-state index is 10.3. The van der Waals surface area contributed by atoms with Crippen LogP contribution in [-0.4, -0.2) is 46.8 Å². The molecule has 0 aromatic carbocycles. The second kappa shape index (κ2) is 3.87. The Morgan fingerprint density at radius 2 is 2.42 bits per heavy atom. The van der Waals surface area contributed by atoms with Crippen molar-refractivity contribution in [3.63, 3.8) is 0 Å². The lowest BCUT2D eigenvalue weighted by Gasteiger charge is -2.16. The smallest absolute Gasteiger partial charge is 0.333 e. The average Bonchev–Trinajstić information content (AvgIpc) is 2.35. The zero-order valence-corrected chi connectivity index (χ0v) is 7.23. The number of β-amino-alcohol motifs (C(OH)–C–C–N with tert-alkyl or cyclic N) is 1. The number of aliphatic carboxylic acids is 1. The monoisotopic (exact) mass is 173 g/mol. The van der Waals surface area contributed by atoms with E-state index < -0.39 is 12.1 Å². The van der Waals surface area contributed by atoms with Crippen molar-refractivity contribution >= 4 is 5.97 Å². The molecule has 0 bridgehead atoms. The van der Waals surface area contributed by atoms with Gasteiger partial charge in [0.1, 0.15) is 0 Å². The van der Waals surface area contributed by atoms with Crippen LogP contribution in [0.5, 0.6) is 0 Å². The number of nitrogens with zero attached hydrogens (tertiary/aromatic N) is 1. The molecule has 0 aliphatic carbocycles. The van der Waals surface area contributed by atoms with E-state index in [-0.39, 0.29) is 6.54 Å². The largest absolute Gasteiger partial charge is 0.479 e. The summed E-state index contributed by atoms with van der Waals surface area (Å²) in [6.45, 7) is 4.21. The van der Waals surface area contributed by atoms with Crippen molar-refractivity contribution in [1.29, 1.82) is 0 Å². The molecule has 0 amide bonds. The predicted molar refractivity (Wildman–Crippen MR) is 43.9 cm³/mol. The Balaban J connectivity index is 2.27. The van der Waals surface area contributed by atoms with E-state index >= 15 is 0 Å². The summed E-state index contributed by atoms with van der Waals surface area (Å²) < 4.78 is 0. The summed E-state index contributed by atoms with van der Waals surface area (Å²) in [6, 6.07) is 0. The number of carbonyl (C=O) groups is 1. The summed E-state index contributed by atoms with van der Waals surface area (Å²) in [7, 11) is 0. The molecule has 0 radical (unpaired) electrons. The highest BCUT2D eigenvalue weighted by atomic mass is 16.4. The van der Waals surface area contributed by atoms with Gasteiger partial charge in [-0.25, -0.2) is 4.79 Å². The maximum Gasteiger partial charge on any atom is 0.333 e. The van der Waals surface area contributed by atoms with E-state index in [9.17, 15) is 4.79 Å². The van der Waals surface area contributed by atoms with Crippen LogP contribution in [0.15, 0.2) is 0 Å². The van der Waals surface area contributed by atoms with Crippen molar-refractivity contribution in [3.8, 4) is 0 Å². The number of aliphatic hydroxyl groups is 1. The molecule has 2 atom stereocenters. The van der Waals surface area contributed by atoms with Crippen LogP contribution in [0.25, 0.3) is 0 Å². The first-order valence-corrected chi connectivity index (χ1v) is 4.23. The van der Waals surface area contributed by atoms with Gasteiger partial charge in [0.05, 0.1) is 0 Å². The van der Waals surface area contributed by atoms with Crippen LogP contribution in [-0.2, 0) is 4.79 Å². The van der Waals surface area contributed by atoms with Gasteiger partial charge in [0.2, 0.25) is 0 Å². The van der Waals surface area contributed by atoms with Crippen LogP contribution in [0.4, 0.5) is 0 Å². The molecule has 1 aliphatic heterocycles. The number of carboxylic acid groups (broad SMARTS) is 1. The first-order chi connectivity index (χ1) is 5.59. The minimum atomic E-state index is -1.23. The van der Waals surface area contributed by atoms with Gasteiger partial charge in [-0.15, -0.1) is 0 Å². The Hall–Kier alpha value is -0.610. The summed E-state index contributed by atoms with van der Waals surface area (Å²) >= 11 is 0. The molecule has 0 aromatic rings. The third-order valence-electron chi connectivity index (χ3n) is 2.22. The van der Waals surface area contributed by atoms with Crippen LogP contribution in [0.2, 0.25) is 0 Å². The second-order valence-corrected chi connectivity index (χ2v) is 3.51. The summed E-state index contributed by atoms with van der Waals surface area (Å²) in [5, 5.41) is 17.5. The number of aliphatic hydroxyl groups excluding tert-OH is 1. The van der Waals surface area contributed by atoms with Gasteiger partial charge in [-0.2, -0.15) is 0 Å². The molecule has 1 fully saturated rings. The SMILES string of the molecule is CC1CCN(CC(O)C(=O)O)C1. The zero-order chi connectivity index (χ0) is 9.14. The second-order valence-electron chi connectivity index (χ2n) is 3.51. The van der Waals surface area contributed by atoms with Crippen LogP contribution >= 0.6 is 0 Å². The Morgan fingerprint density at radius 3 is 2.83 bits per heavy atom. The van der Waals surface area contributed by atoms with E-state index in [1.165, 1.54) is 0 Å². The van der Waals surface area contributed by atoms with Gasteiger partial charge in [0, 0.05) is 13.1 Å². The molecular weight excluding hydrogens is 158 g/mol. The average molecular weight is 173 g/mol. The number of rotatable bonds is 3. The molecule has 70 valence electrons. The van der Waals surface area contributed by atoms with Crippen molar-refractivity contribution in [1.82, 2.24) is 4.90 Å². The van der Waals surface area contributed by atoms with Gasteiger partial charge < -0.3 is 10.2 Å². The quantitative estimate of drug-likeness (QED) is 0.619. The first kappa shape index (κ1) is 9.48. The van der Waals surface area contributed by atoms with Gasteiger partial charge in [0.15, 0.2) is 6.10 Å². The van der Waals surface area contributed by atoms with E-state index in [0.29, 0.717) is 5.92 Å². The third-order valence-corrected chi connectivity index (χ3v) is 2.22. The van der Waals surface area contributed by atoms with Crippen molar-refractivity contribution in [2.24, 2.45) is 5.92 Å². The first-order valence-electron chi connectivity index (χ1n) is 4.23. The molecule has 2 unspecified atom stereocenters. The summed E-state index contributed by atoms with van der Waals surface area (Å²) in [5.74, 6) is -0.499. The lowest BCUT2D eigenvalue weighted by Crippen LogP contribution is -2.35. The highest BCUT2D eigenvalue weighted by Crippen LogP contribution is 2.14. The summed E-state index contributed by atoms with van der Waals surface area (Å²) in [4.78, 5) is 12.3. The molecule has 0 saturated carbocycles. The van der Waals surface area contributed by atoms with Crippen LogP contribution in [0.1, 0.15) is 13.3 Å². The van der Waals surface area contributed by atoms with Gasteiger partial charge in [-0.3, -0.25) is 4.90 Å². The molecule has 1 heterocycles. The van der Waals surface area contributed by atoms with E-state index in [2.05, 4.69) is 6.92 Å². The van der Waals surface area contributed by atoms with E-state index in [4.69, 9.17) is 10.2 Å². The third kappa shape index (κ3) is 2.46. The predicted octanol–water partition coefficient (Wildman–Crippen LogP) is -0.226. The highest BCUT2D eigenvalue weighted by Gasteiger charge is 2.23. The molecule has 4 nitrogen and oxygen atoms in total. The Labute approximate surface area is 71.8 Å². The molecular formula is C8H15NO3. The minimum Gasteiger partial charge on any atom is -0.479 e. The maximum absolute atomic E-state index is 10.3. The molecule has 0 spiro atoms. The molecule has 1 aliphatic rings. The summed E-state index contributed by atoms with van der Waals surface area (Å²) in [6.07, 6.45) is -0.123. The van der Waals surface area contributed by atoms with Crippen molar-refractivity contribution in [2.45, 2.75) is 19.4 Å². The van der Waals surface area contributed by atoms with Gasteiger partial charge in [-0.05, 0) is 18.9 Å². The number of hydrogen-bond acceptors (Lipinski definition) is 3. The molecule has 4 heteroatoms. The van der Waals surface area contributed by atoms with Gasteiger partial charge >= 0.3 is 5.97 Å². The normalized spacial score (nSPS) is 27.3. The topological polar surface area (TPSA) is 60.8 Å². The van der Waals surface area contributed by atoms with Crippen LogP contribution < -0.4 is 0 Å². The lowest BCUT2D eigenvalue weighted by molar-refractivity contribution is -0.147. The van der Waals surface area contributed by atoms with Crippen LogP contribution in [0.3, 0.4) is 0 Å². The Bertz CT molecular complexity index is 172. The fraction of sp³-hybridized carbons (Fsp3) is 0.875. The number of carboxylic acids is 1. The fourth-order valence-corrected chi connectivity index (χ4v) is 1.51. The molecule has 1 rings (SSSR count). The minimum absolute atomic E-state index is 0.264. The van der Waals surface area contributed by atoms with Gasteiger partial charge in [0.25, 0.3) is 0 Å². The Kier molecular flexibility index (Phi) is 3.05. The molecule has 2 N–H and O–H groups in total. The zero-order valence-electron chi connectivity index (χ0n) is 7.23. The number of likely N-dealkylation sites (tertiary alicyclic amines) is 1. The number of hydrogen-bond donors (Lipinski definition) is 2. The standard InChI is InChI=1S/C8H15NO3/c1-6-2-3-9(4-6)5-7(10)8(11)12/h6-7,10H,2-5H2,1H3,(H,11,12). The van der Waals surface area contributed by atoms with E-state index in [1.54, 1.807) is 0 Å². The molecule has 12 heavy (non-hydrogen) atoms. The van der Waals surface area contributed by atoms with Crippen molar-refractivity contribution in [2.75, 3.05) is 19.6 Å². The fourth-order valence-electron chi connectivity index (χ4n) is 1.51. The van der Waals surface area contributed by atoms with Crippen molar-refractivity contribution in [3.05, 3.63) is 0 Å². The van der Waals surface area contributed by atoms with Crippen LogP contribution in [0, 0.1) is 5.92 Å².